The molecule has 0 aromatic rings. The lowest BCUT2D eigenvalue weighted by Crippen LogP contribution is -2.47. The van der Waals surface area contributed by atoms with Crippen LogP contribution < -0.4 is 5.73 Å². The Balaban J connectivity index is 2.08. The van der Waals surface area contributed by atoms with Crippen molar-refractivity contribution >= 4 is 0 Å². The Morgan fingerprint density at radius 2 is 2.06 bits per heavy atom. The zero-order chi connectivity index (χ0) is 11.9. The molecule has 1 rings (SSSR count). The van der Waals surface area contributed by atoms with E-state index in [-0.39, 0.29) is 12.1 Å². The molecule has 0 saturated heterocycles. The fourth-order valence-electron chi connectivity index (χ4n) is 2.40. The molecule has 0 heterocycles. The summed E-state index contributed by atoms with van der Waals surface area (Å²) in [5, 5.41) is 9.28. The first-order valence-electron chi connectivity index (χ1n) is 6.28. The third kappa shape index (κ3) is 4.01. The first kappa shape index (κ1) is 13.9. The van der Waals surface area contributed by atoms with Crippen molar-refractivity contribution in [2.24, 2.45) is 11.7 Å². The van der Waals surface area contributed by atoms with E-state index in [0.717, 1.165) is 38.9 Å². The molecule has 3 N–H and O–H groups in total. The van der Waals surface area contributed by atoms with Gasteiger partial charge in [0.25, 0.3) is 0 Å². The molecule has 1 aliphatic rings. The Morgan fingerprint density at radius 3 is 2.75 bits per heavy atom. The van der Waals surface area contributed by atoms with E-state index in [1.807, 2.05) is 6.92 Å². The molecule has 0 radical (unpaired) electrons. The van der Waals surface area contributed by atoms with Gasteiger partial charge in [0.1, 0.15) is 0 Å². The highest BCUT2D eigenvalue weighted by atomic mass is 16.5. The highest BCUT2D eigenvalue weighted by Gasteiger charge is 2.38. The third-order valence-corrected chi connectivity index (χ3v) is 3.49. The molecule has 2 unspecified atom stereocenters. The lowest BCUT2D eigenvalue weighted by molar-refractivity contribution is 0.0414. The minimum absolute atomic E-state index is 0.0939. The Hall–Kier alpha value is -0.160. The molecule has 4 nitrogen and oxygen atoms in total. The molecule has 0 spiro atoms. The number of aliphatic hydroxyl groups excluding tert-OH is 1. The van der Waals surface area contributed by atoms with Crippen LogP contribution in [0, 0.1) is 5.92 Å². The van der Waals surface area contributed by atoms with Crippen LogP contribution >= 0.6 is 0 Å². The van der Waals surface area contributed by atoms with Crippen molar-refractivity contribution in [1.82, 2.24) is 0 Å². The van der Waals surface area contributed by atoms with Crippen LogP contribution in [-0.2, 0) is 9.47 Å². The second-order valence-electron chi connectivity index (χ2n) is 4.58. The highest BCUT2D eigenvalue weighted by Crippen LogP contribution is 2.35. The summed E-state index contributed by atoms with van der Waals surface area (Å²) in [6.07, 6.45) is 4.13. The molecule has 0 aromatic carbocycles. The summed E-state index contributed by atoms with van der Waals surface area (Å²) >= 11 is 0. The molecule has 0 aromatic heterocycles. The molecule has 96 valence electrons. The van der Waals surface area contributed by atoms with Gasteiger partial charge in [-0.05, 0) is 32.1 Å². The maximum atomic E-state index is 9.28. The van der Waals surface area contributed by atoms with E-state index in [0.29, 0.717) is 19.1 Å². The van der Waals surface area contributed by atoms with Crippen molar-refractivity contribution in [3.8, 4) is 0 Å². The molecule has 1 fully saturated rings. The Bertz CT molecular complexity index is 189. The van der Waals surface area contributed by atoms with Crippen LogP contribution in [0.15, 0.2) is 0 Å². The minimum atomic E-state index is -0.358. The van der Waals surface area contributed by atoms with Crippen LogP contribution in [0.2, 0.25) is 0 Å². The second kappa shape index (κ2) is 7.22. The highest BCUT2D eigenvalue weighted by molar-refractivity contribution is 4.95. The summed E-state index contributed by atoms with van der Waals surface area (Å²) in [6, 6.07) is 0. The van der Waals surface area contributed by atoms with Gasteiger partial charge < -0.3 is 20.3 Å². The maximum Gasteiger partial charge on any atom is 0.0700 e. The second-order valence-corrected chi connectivity index (χ2v) is 4.58. The molecule has 1 aliphatic carbocycles. The Labute approximate surface area is 98.1 Å². The SMILES string of the molecule is CCOCCOCCC1CCCC1(N)CO. The van der Waals surface area contributed by atoms with E-state index >= 15 is 0 Å². The zero-order valence-electron chi connectivity index (χ0n) is 10.3. The summed E-state index contributed by atoms with van der Waals surface area (Å²) in [7, 11) is 0. The molecule has 16 heavy (non-hydrogen) atoms. The molecule has 0 aliphatic heterocycles. The average Bonchev–Trinajstić information content (AvgIpc) is 2.66. The normalized spacial score (nSPS) is 29.8. The molecule has 1 saturated carbocycles. The van der Waals surface area contributed by atoms with Crippen LogP contribution in [0.5, 0.6) is 0 Å². The number of hydrogen-bond acceptors (Lipinski definition) is 4. The van der Waals surface area contributed by atoms with Gasteiger partial charge in [-0.3, -0.25) is 0 Å². The number of nitrogens with two attached hydrogens (primary N) is 1. The standard InChI is InChI=1S/C12H25NO3/c1-2-15-8-9-16-7-5-11-4-3-6-12(11,13)10-14/h11,14H,2-10,13H2,1H3. The fraction of sp³-hybridized carbons (Fsp3) is 1.00. The van der Waals surface area contributed by atoms with Gasteiger partial charge in [0.05, 0.1) is 19.8 Å². The quantitative estimate of drug-likeness (QED) is 0.610. The van der Waals surface area contributed by atoms with Crippen molar-refractivity contribution in [1.29, 1.82) is 0 Å². The van der Waals surface area contributed by atoms with Gasteiger partial charge >= 0.3 is 0 Å². The van der Waals surface area contributed by atoms with Gasteiger partial charge in [0.2, 0.25) is 0 Å². The van der Waals surface area contributed by atoms with E-state index < -0.39 is 0 Å². The molecule has 0 amide bonds. The van der Waals surface area contributed by atoms with Gasteiger partial charge in [-0.15, -0.1) is 0 Å². The topological polar surface area (TPSA) is 64.7 Å². The molecule has 4 heteroatoms. The predicted molar refractivity (Wildman–Crippen MR) is 63.3 cm³/mol. The molecular weight excluding hydrogens is 206 g/mol. The van der Waals surface area contributed by atoms with E-state index in [1.54, 1.807) is 0 Å². The van der Waals surface area contributed by atoms with E-state index in [4.69, 9.17) is 15.2 Å². The van der Waals surface area contributed by atoms with Gasteiger partial charge in [0, 0.05) is 18.8 Å². The molecule has 0 bridgehead atoms. The Kier molecular flexibility index (Phi) is 6.28. The molecular formula is C12H25NO3. The third-order valence-electron chi connectivity index (χ3n) is 3.49. The van der Waals surface area contributed by atoms with E-state index in [1.165, 1.54) is 0 Å². The van der Waals surface area contributed by atoms with Crippen LogP contribution in [0.3, 0.4) is 0 Å². The lowest BCUT2D eigenvalue weighted by atomic mass is 9.87. The summed E-state index contributed by atoms with van der Waals surface area (Å²) in [5.74, 6) is 0.407. The van der Waals surface area contributed by atoms with Crippen molar-refractivity contribution in [2.45, 2.75) is 38.1 Å². The van der Waals surface area contributed by atoms with Crippen molar-refractivity contribution in [2.75, 3.05) is 33.0 Å². The van der Waals surface area contributed by atoms with Crippen LogP contribution in [-0.4, -0.2) is 43.7 Å². The average molecular weight is 231 g/mol. The number of hydrogen-bond donors (Lipinski definition) is 2. The fourth-order valence-corrected chi connectivity index (χ4v) is 2.40. The van der Waals surface area contributed by atoms with Crippen molar-refractivity contribution in [3.05, 3.63) is 0 Å². The number of aliphatic hydroxyl groups is 1. The van der Waals surface area contributed by atoms with Gasteiger partial charge in [-0.2, -0.15) is 0 Å². The predicted octanol–water partition coefficient (Wildman–Crippen LogP) is 0.919. The van der Waals surface area contributed by atoms with Gasteiger partial charge in [0.15, 0.2) is 0 Å². The number of ether oxygens (including phenoxy) is 2. The maximum absolute atomic E-state index is 9.28. The summed E-state index contributed by atoms with van der Waals surface area (Å²) in [6.45, 7) is 4.84. The van der Waals surface area contributed by atoms with Gasteiger partial charge in [-0.25, -0.2) is 0 Å². The van der Waals surface area contributed by atoms with Crippen molar-refractivity contribution in [3.63, 3.8) is 0 Å². The first-order valence-corrected chi connectivity index (χ1v) is 6.28. The first-order chi connectivity index (χ1) is 7.73. The van der Waals surface area contributed by atoms with Gasteiger partial charge in [-0.1, -0.05) is 6.42 Å². The smallest absolute Gasteiger partial charge is 0.0700 e. The van der Waals surface area contributed by atoms with Crippen LogP contribution in [0.4, 0.5) is 0 Å². The van der Waals surface area contributed by atoms with Crippen LogP contribution in [0.1, 0.15) is 32.6 Å². The molecule has 2 atom stereocenters. The van der Waals surface area contributed by atoms with E-state index in [9.17, 15) is 5.11 Å². The van der Waals surface area contributed by atoms with E-state index in [2.05, 4.69) is 0 Å². The lowest BCUT2D eigenvalue weighted by Gasteiger charge is -2.29. The summed E-state index contributed by atoms with van der Waals surface area (Å²) in [4.78, 5) is 0. The summed E-state index contributed by atoms with van der Waals surface area (Å²) in [5.41, 5.74) is 5.78. The number of rotatable bonds is 8. The zero-order valence-corrected chi connectivity index (χ0v) is 10.3. The van der Waals surface area contributed by atoms with Crippen molar-refractivity contribution < 1.29 is 14.6 Å². The monoisotopic (exact) mass is 231 g/mol. The Morgan fingerprint density at radius 1 is 1.31 bits per heavy atom. The van der Waals surface area contributed by atoms with Crippen LogP contribution in [0.25, 0.3) is 0 Å². The summed E-state index contributed by atoms with van der Waals surface area (Å²) < 4.78 is 10.7. The minimum Gasteiger partial charge on any atom is -0.394 e. The largest absolute Gasteiger partial charge is 0.394 e.